The van der Waals surface area contributed by atoms with E-state index in [9.17, 15) is 19.6 Å². The fourth-order valence-corrected chi connectivity index (χ4v) is 4.31. The summed E-state index contributed by atoms with van der Waals surface area (Å²) in [5.41, 5.74) is 0.730. The van der Waals surface area contributed by atoms with E-state index in [1.165, 1.54) is 0 Å². The van der Waals surface area contributed by atoms with Crippen LogP contribution in [-0.2, 0) is 9.59 Å². The number of aromatic amines is 1. The number of H-pyrrole nitrogens is 1. The molecule has 4 atom stereocenters. The topological polar surface area (TPSA) is 136 Å². The predicted octanol–water partition coefficient (Wildman–Crippen LogP) is 3.02. The zero-order valence-corrected chi connectivity index (χ0v) is 21.0. The van der Waals surface area contributed by atoms with Crippen LogP contribution in [0.4, 0.5) is 0 Å². The van der Waals surface area contributed by atoms with Gasteiger partial charge in [-0.2, -0.15) is 5.26 Å². The van der Waals surface area contributed by atoms with Crippen LogP contribution in [0.3, 0.4) is 0 Å². The molecule has 3 rings (SSSR count). The van der Waals surface area contributed by atoms with E-state index in [1.807, 2.05) is 32.9 Å². The van der Waals surface area contributed by atoms with Crippen molar-refractivity contribution in [2.75, 3.05) is 7.11 Å². The molecular formula is C26H35N5O4. The normalized spacial score (nSPS) is 22.3. The summed E-state index contributed by atoms with van der Waals surface area (Å²) in [5.74, 6) is -1.07. The number of amides is 3. The van der Waals surface area contributed by atoms with Gasteiger partial charge in [-0.25, -0.2) is 0 Å². The summed E-state index contributed by atoms with van der Waals surface area (Å²) in [6, 6.07) is 6.37. The van der Waals surface area contributed by atoms with Crippen LogP contribution in [0.1, 0.15) is 65.2 Å². The summed E-state index contributed by atoms with van der Waals surface area (Å²) < 4.78 is 13.4. The van der Waals surface area contributed by atoms with Crippen molar-refractivity contribution in [3.63, 3.8) is 0 Å². The van der Waals surface area contributed by atoms with Gasteiger partial charge >= 0.3 is 0 Å². The molecule has 3 amide bonds. The van der Waals surface area contributed by atoms with Gasteiger partial charge < -0.3 is 25.7 Å². The lowest BCUT2D eigenvalue weighted by Gasteiger charge is -2.29. The van der Waals surface area contributed by atoms with Gasteiger partial charge in [0.2, 0.25) is 11.8 Å². The fourth-order valence-electron chi connectivity index (χ4n) is 4.31. The summed E-state index contributed by atoms with van der Waals surface area (Å²) in [6.45, 7) is 7.51. The van der Waals surface area contributed by atoms with Crippen LogP contribution in [0.2, 0.25) is 0 Å². The highest BCUT2D eigenvalue weighted by Gasteiger charge is 2.32. The van der Waals surface area contributed by atoms with E-state index >= 15 is 0 Å². The Morgan fingerprint density at radius 3 is 2.69 bits per heavy atom. The highest BCUT2D eigenvalue weighted by molar-refractivity contribution is 6.01. The van der Waals surface area contributed by atoms with Crippen LogP contribution in [-0.4, -0.2) is 47.9 Å². The van der Waals surface area contributed by atoms with Gasteiger partial charge in [0.15, 0.2) is 0 Å². The summed E-state index contributed by atoms with van der Waals surface area (Å²) in [6.07, 6.45) is 1.41. The molecule has 1 aliphatic heterocycles. The first-order valence-corrected chi connectivity index (χ1v) is 11.8. The highest BCUT2D eigenvalue weighted by Crippen LogP contribution is 2.27. The molecule has 2 heterocycles. The predicted molar refractivity (Wildman–Crippen MR) is 133 cm³/mol. The van der Waals surface area contributed by atoms with Crippen molar-refractivity contribution in [2.45, 2.75) is 71.5 Å². The standard InChI is InChI=1S/C26H35N5O4/c1-15-9-10-16(23(32)28-15)11-17(14-27)29-25(34)21(13-26(2,3)4)31-24(33)20-12-18-19(30-20)7-6-8-22(18)35-5/h6-8,12,15-17,21,30H,9-11,13H2,1-5H3,(H,28,32)(H,29,34)(H,31,33)/t15?,16-,17-,21-/m0/s1/i15D. The Hall–Kier alpha value is -3.54. The van der Waals surface area contributed by atoms with Gasteiger partial charge in [-0.1, -0.05) is 26.8 Å². The highest BCUT2D eigenvalue weighted by atomic mass is 16.5. The molecule has 0 bridgehead atoms. The second-order valence-corrected chi connectivity index (χ2v) is 10.3. The lowest BCUT2D eigenvalue weighted by Crippen LogP contribution is -2.52. The molecule has 2 aromatic rings. The maximum absolute atomic E-state index is 13.2. The number of benzene rings is 1. The fraction of sp³-hybridized carbons (Fsp3) is 0.538. The Morgan fingerprint density at radius 2 is 2.06 bits per heavy atom. The molecule has 0 radical (unpaired) electrons. The van der Waals surface area contributed by atoms with Crippen molar-refractivity contribution in [1.29, 1.82) is 5.26 Å². The molecule has 35 heavy (non-hydrogen) atoms. The van der Waals surface area contributed by atoms with Gasteiger partial charge in [0.05, 0.1) is 14.5 Å². The quantitative estimate of drug-likeness (QED) is 0.458. The SMILES string of the molecule is [2H]C1(C)CC[C@@H](C[C@@H](C#N)NC(=O)[C@H](CC(C)(C)C)NC(=O)c2cc3c(OC)cccc3[nH]2)C(=O)N1. The number of methoxy groups -OCH3 is 1. The van der Waals surface area contributed by atoms with E-state index < -0.39 is 35.8 Å². The van der Waals surface area contributed by atoms with Crippen molar-refractivity contribution in [1.82, 2.24) is 20.9 Å². The number of rotatable bonds is 8. The maximum atomic E-state index is 13.2. The molecule has 9 heteroatoms. The molecule has 1 saturated heterocycles. The van der Waals surface area contributed by atoms with Crippen LogP contribution >= 0.6 is 0 Å². The number of carbonyl (C=O) groups is 3. The summed E-state index contributed by atoms with van der Waals surface area (Å²) in [7, 11) is 1.55. The zero-order chi connectivity index (χ0) is 26.7. The molecule has 1 aromatic heterocycles. The Bertz CT molecular complexity index is 1180. The van der Waals surface area contributed by atoms with Crippen molar-refractivity contribution in [2.24, 2.45) is 11.3 Å². The van der Waals surface area contributed by atoms with Crippen LogP contribution in [0.15, 0.2) is 24.3 Å². The molecule has 0 saturated carbocycles. The molecule has 4 N–H and O–H groups in total. The lowest BCUT2D eigenvalue weighted by molar-refractivity contribution is -0.129. The molecule has 1 fully saturated rings. The molecule has 188 valence electrons. The third-order valence-electron chi connectivity index (χ3n) is 6.09. The summed E-state index contributed by atoms with van der Waals surface area (Å²) >= 11 is 0. The van der Waals surface area contributed by atoms with Gasteiger partial charge in [0.25, 0.3) is 5.91 Å². The van der Waals surface area contributed by atoms with Crippen molar-refractivity contribution in [3.8, 4) is 11.8 Å². The molecule has 1 aromatic carbocycles. The molecule has 0 aliphatic carbocycles. The number of nitriles is 1. The Balaban J connectivity index is 1.72. The monoisotopic (exact) mass is 482 g/mol. The Labute approximate surface area is 207 Å². The first-order chi connectivity index (χ1) is 16.8. The van der Waals surface area contributed by atoms with Crippen molar-refractivity contribution >= 4 is 28.6 Å². The zero-order valence-electron chi connectivity index (χ0n) is 22.0. The van der Waals surface area contributed by atoms with Gasteiger partial charge in [0.1, 0.15) is 23.5 Å². The molecule has 9 nitrogen and oxygen atoms in total. The molecule has 1 aliphatic rings. The minimum atomic E-state index is -1.02. The van der Waals surface area contributed by atoms with Crippen molar-refractivity contribution < 1.29 is 20.5 Å². The van der Waals surface area contributed by atoms with Crippen LogP contribution in [0.25, 0.3) is 10.9 Å². The number of piperidine rings is 1. The molecular weight excluding hydrogens is 446 g/mol. The van der Waals surface area contributed by atoms with E-state index in [0.29, 0.717) is 25.0 Å². The van der Waals surface area contributed by atoms with Gasteiger partial charge in [-0.15, -0.1) is 0 Å². The van der Waals surface area contributed by atoms with E-state index in [0.717, 1.165) is 10.9 Å². The van der Waals surface area contributed by atoms with E-state index in [-0.39, 0.29) is 23.4 Å². The largest absolute Gasteiger partial charge is 0.496 e. The first kappa shape index (κ1) is 24.6. The third kappa shape index (κ3) is 6.75. The number of aromatic nitrogens is 1. The Kier molecular flexibility index (Phi) is 7.59. The smallest absolute Gasteiger partial charge is 0.268 e. The lowest BCUT2D eigenvalue weighted by atomic mass is 9.87. The summed E-state index contributed by atoms with van der Waals surface area (Å²) in [5, 5.41) is 18.6. The molecule has 0 spiro atoms. The van der Waals surface area contributed by atoms with Crippen LogP contribution < -0.4 is 20.7 Å². The number of hydrogen-bond acceptors (Lipinski definition) is 5. The van der Waals surface area contributed by atoms with Gasteiger partial charge in [0, 0.05) is 22.8 Å². The summed E-state index contributed by atoms with van der Waals surface area (Å²) in [4.78, 5) is 41.7. The van der Waals surface area contributed by atoms with Crippen LogP contribution in [0, 0.1) is 22.7 Å². The second-order valence-electron chi connectivity index (χ2n) is 10.3. The van der Waals surface area contributed by atoms with E-state index in [2.05, 4.69) is 27.0 Å². The minimum Gasteiger partial charge on any atom is -0.496 e. The number of ether oxygens (including phenoxy) is 1. The van der Waals surface area contributed by atoms with Crippen LogP contribution in [0.5, 0.6) is 5.75 Å². The average molecular weight is 483 g/mol. The van der Waals surface area contributed by atoms with Gasteiger partial charge in [-0.05, 0) is 56.2 Å². The second kappa shape index (κ2) is 10.8. The number of hydrogen-bond donors (Lipinski definition) is 4. The Morgan fingerprint density at radius 1 is 1.31 bits per heavy atom. The minimum absolute atomic E-state index is 0.141. The first-order valence-electron chi connectivity index (χ1n) is 12.3. The number of carbonyl (C=O) groups excluding carboxylic acids is 3. The van der Waals surface area contributed by atoms with E-state index in [1.54, 1.807) is 26.2 Å². The van der Waals surface area contributed by atoms with Gasteiger partial charge in [-0.3, -0.25) is 14.4 Å². The van der Waals surface area contributed by atoms with E-state index in [4.69, 9.17) is 6.11 Å². The average Bonchev–Trinajstić information content (AvgIpc) is 3.23. The number of fused-ring (bicyclic) bond motifs is 1. The number of nitrogens with zero attached hydrogens (tertiary/aromatic N) is 1. The molecule has 1 unspecified atom stereocenters. The van der Waals surface area contributed by atoms with Crippen molar-refractivity contribution in [3.05, 3.63) is 30.0 Å². The maximum Gasteiger partial charge on any atom is 0.268 e. The number of nitrogens with one attached hydrogen (secondary N) is 4. The third-order valence-corrected chi connectivity index (χ3v) is 6.09.